The van der Waals surface area contributed by atoms with Gasteiger partial charge in [0.2, 0.25) is 0 Å². The van der Waals surface area contributed by atoms with Crippen LogP contribution >= 0.6 is 0 Å². The number of ether oxygens (including phenoxy) is 1. The third kappa shape index (κ3) is 2.97. The molecule has 1 saturated heterocycles. The molecule has 2 amide bonds. The summed E-state index contributed by atoms with van der Waals surface area (Å²) in [6.45, 7) is 3.22. The van der Waals surface area contributed by atoms with E-state index in [0.717, 1.165) is 54.5 Å². The molecule has 7 nitrogen and oxygen atoms in total. The molecular weight excluding hydrogens is 409 g/mol. The Morgan fingerprint density at radius 3 is 2.69 bits per heavy atom. The summed E-state index contributed by atoms with van der Waals surface area (Å²) in [5, 5.41) is 5.94. The van der Waals surface area contributed by atoms with Gasteiger partial charge in [0.05, 0.1) is 37.0 Å². The molecule has 164 valence electrons. The maximum absolute atomic E-state index is 14.7. The summed E-state index contributed by atoms with van der Waals surface area (Å²) in [5.41, 5.74) is 3.94. The van der Waals surface area contributed by atoms with Crippen molar-refractivity contribution in [2.24, 2.45) is 0 Å². The fourth-order valence-electron chi connectivity index (χ4n) is 5.35. The van der Waals surface area contributed by atoms with Gasteiger partial charge >= 0.3 is 6.03 Å². The fourth-order valence-corrected chi connectivity index (χ4v) is 5.35. The second-order valence-corrected chi connectivity index (χ2v) is 8.69. The average Bonchev–Trinajstić information content (AvgIpc) is 3.36. The zero-order valence-corrected chi connectivity index (χ0v) is 17.6. The summed E-state index contributed by atoms with van der Waals surface area (Å²) in [7, 11) is 0. The van der Waals surface area contributed by atoms with Crippen molar-refractivity contribution in [3.05, 3.63) is 66.4 Å². The summed E-state index contributed by atoms with van der Waals surface area (Å²) in [6.07, 6.45) is 4.81. The van der Waals surface area contributed by atoms with Gasteiger partial charge in [-0.1, -0.05) is 12.1 Å². The molecule has 32 heavy (non-hydrogen) atoms. The lowest BCUT2D eigenvalue weighted by Gasteiger charge is -2.47. The molecule has 3 heterocycles. The van der Waals surface area contributed by atoms with E-state index in [1.807, 2.05) is 30.3 Å². The highest BCUT2D eigenvalue weighted by atomic mass is 19.1. The van der Waals surface area contributed by atoms with Crippen LogP contribution in [0.3, 0.4) is 0 Å². The van der Waals surface area contributed by atoms with Crippen molar-refractivity contribution in [2.45, 2.75) is 24.4 Å². The molecular formula is C24H24FN5O2. The van der Waals surface area contributed by atoms with Crippen molar-refractivity contribution < 1.29 is 13.9 Å². The molecule has 1 aromatic heterocycles. The van der Waals surface area contributed by atoms with E-state index in [9.17, 15) is 9.18 Å². The largest absolute Gasteiger partial charge is 0.378 e. The smallest absolute Gasteiger partial charge is 0.319 e. The molecule has 8 heteroatoms. The molecule has 0 radical (unpaired) electrons. The highest BCUT2D eigenvalue weighted by Gasteiger charge is 2.54. The highest BCUT2D eigenvalue weighted by molar-refractivity contribution is 5.90. The molecule has 2 aromatic carbocycles. The number of benzene rings is 2. The number of rotatable bonds is 3. The van der Waals surface area contributed by atoms with E-state index < -0.39 is 5.54 Å². The number of aromatic nitrogens is 2. The summed E-state index contributed by atoms with van der Waals surface area (Å²) in [4.78, 5) is 19.1. The molecule has 1 aliphatic carbocycles. The highest BCUT2D eigenvalue weighted by Crippen LogP contribution is 2.54. The number of fused-ring (bicyclic) bond motifs is 5. The Hall–Kier alpha value is -3.39. The van der Waals surface area contributed by atoms with Gasteiger partial charge in [0.1, 0.15) is 5.82 Å². The van der Waals surface area contributed by atoms with Gasteiger partial charge in [0.15, 0.2) is 0 Å². The SMILES string of the molecule is O=C(Nc1ccc(N2CCOCC2)cc1)NC1CC2(C1)c1c(F)cccc1-c1cncn12. The standard InChI is InChI=1S/C24H24FN5O2/c25-20-3-1-2-19-21-14-26-15-30(21)24(22(19)20)12-17(13-24)28-23(31)27-16-4-6-18(7-5-16)29-8-10-32-11-9-29/h1-7,14-15,17H,8-13H2,(H2,27,28,31). The Morgan fingerprint density at radius 1 is 1.12 bits per heavy atom. The first-order chi connectivity index (χ1) is 15.6. The minimum absolute atomic E-state index is 0.0385. The Kier molecular flexibility index (Phi) is 4.43. The predicted molar refractivity (Wildman–Crippen MR) is 119 cm³/mol. The third-order valence-corrected chi connectivity index (χ3v) is 6.86. The van der Waals surface area contributed by atoms with Crippen molar-refractivity contribution in [1.82, 2.24) is 14.9 Å². The molecule has 0 unspecified atom stereocenters. The number of carbonyl (C=O) groups is 1. The Bertz CT molecular complexity index is 1160. The number of carbonyl (C=O) groups excluding carboxylic acids is 1. The lowest BCUT2D eigenvalue weighted by Crippen LogP contribution is -2.56. The van der Waals surface area contributed by atoms with E-state index in [-0.39, 0.29) is 17.9 Å². The second-order valence-electron chi connectivity index (χ2n) is 8.69. The van der Waals surface area contributed by atoms with Crippen molar-refractivity contribution in [2.75, 3.05) is 36.5 Å². The molecule has 6 rings (SSSR count). The number of nitrogens with zero attached hydrogens (tertiary/aromatic N) is 3. The van der Waals surface area contributed by atoms with E-state index in [1.54, 1.807) is 18.6 Å². The number of imidazole rings is 1. The van der Waals surface area contributed by atoms with Gasteiger partial charge in [0.25, 0.3) is 0 Å². The van der Waals surface area contributed by atoms with Crippen molar-refractivity contribution in [1.29, 1.82) is 0 Å². The van der Waals surface area contributed by atoms with Crippen LogP contribution in [-0.2, 0) is 10.3 Å². The monoisotopic (exact) mass is 433 g/mol. The number of hydrogen-bond acceptors (Lipinski definition) is 4. The maximum atomic E-state index is 14.7. The molecule has 1 spiro atoms. The Balaban J connectivity index is 1.11. The number of morpholine rings is 1. The van der Waals surface area contributed by atoms with Gasteiger partial charge < -0.3 is 24.8 Å². The van der Waals surface area contributed by atoms with E-state index in [0.29, 0.717) is 12.8 Å². The van der Waals surface area contributed by atoms with Gasteiger partial charge in [-0.2, -0.15) is 0 Å². The Morgan fingerprint density at radius 2 is 1.91 bits per heavy atom. The first kappa shape index (κ1) is 19.3. The zero-order chi connectivity index (χ0) is 21.7. The minimum Gasteiger partial charge on any atom is -0.378 e. The van der Waals surface area contributed by atoms with E-state index >= 15 is 0 Å². The maximum Gasteiger partial charge on any atom is 0.319 e. The summed E-state index contributed by atoms with van der Waals surface area (Å²) >= 11 is 0. The van der Waals surface area contributed by atoms with Crippen molar-refractivity contribution in [3.8, 4) is 11.3 Å². The normalized spacial score (nSPS) is 23.4. The van der Waals surface area contributed by atoms with Crippen LogP contribution in [0.15, 0.2) is 55.0 Å². The van der Waals surface area contributed by atoms with Crippen LogP contribution in [0.2, 0.25) is 0 Å². The van der Waals surface area contributed by atoms with Crippen LogP contribution in [-0.4, -0.2) is 47.9 Å². The van der Waals surface area contributed by atoms with Gasteiger partial charge in [-0.15, -0.1) is 0 Å². The van der Waals surface area contributed by atoms with E-state index in [1.165, 1.54) is 6.07 Å². The second kappa shape index (κ2) is 7.34. The molecule has 2 aliphatic heterocycles. The van der Waals surface area contributed by atoms with Crippen molar-refractivity contribution in [3.63, 3.8) is 0 Å². The number of anilines is 2. The molecule has 2 N–H and O–H groups in total. The lowest BCUT2D eigenvalue weighted by molar-refractivity contribution is 0.122. The van der Waals surface area contributed by atoms with Crippen LogP contribution in [0, 0.1) is 5.82 Å². The zero-order valence-electron chi connectivity index (χ0n) is 17.6. The van der Waals surface area contributed by atoms with Gasteiger partial charge in [-0.3, -0.25) is 0 Å². The number of halogens is 1. The topological polar surface area (TPSA) is 71.4 Å². The number of amides is 2. The predicted octanol–water partition coefficient (Wildman–Crippen LogP) is 3.57. The van der Waals surface area contributed by atoms with Crippen LogP contribution in [0.25, 0.3) is 11.3 Å². The molecule has 3 aromatic rings. The fraction of sp³-hybridized carbons (Fsp3) is 0.333. The van der Waals surface area contributed by atoms with Gasteiger partial charge in [0, 0.05) is 41.6 Å². The first-order valence-electron chi connectivity index (χ1n) is 11.0. The van der Waals surface area contributed by atoms with Crippen LogP contribution in [0.5, 0.6) is 0 Å². The van der Waals surface area contributed by atoms with Crippen LogP contribution in [0.1, 0.15) is 18.4 Å². The summed E-state index contributed by atoms with van der Waals surface area (Å²) in [6, 6.07) is 12.7. The minimum atomic E-state index is -0.468. The van der Waals surface area contributed by atoms with Gasteiger partial charge in [-0.25, -0.2) is 14.2 Å². The van der Waals surface area contributed by atoms with Gasteiger partial charge in [-0.05, 0) is 43.2 Å². The first-order valence-corrected chi connectivity index (χ1v) is 11.0. The summed E-state index contributed by atoms with van der Waals surface area (Å²) < 4.78 is 22.2. The molecule has 1 saturated carbocycles. The molecule has 0 bridgehead atoms. The molecule has 3 aliphatic rings. The van der Waals surface area contributed by atoms with Crippen LogP contribution in [0.4, 0.5) is 20.6 Å². The number of nitrogens with one attached hydrogen (secondary N) is 2. The third-order valence-electron chi connectivity index (χ3n) is 6.86. The van der Waals surface area contributed by atoms with E-state index in [4.69, 9.17) is 4.74 Å². The number of hydrogen-bond donors (Lipinski definition) is 2. The summed E-state index contributed by atoms with van der Waals surface area (Å²) in [5.74, 6) is -0.200. The number of urea groups is 1. The quantitative estimate of drug-likeness (QED) is 0.663. The van der Waals surface area contributed by atoms with E-state index in [2.05, 4.69) is 25.1 Å². The van der Waals surface area contributed by atoms with Crippen LogP contribution < -0.4 is 15.5 Å². The lowest BCUT2D eigenvalue weighted by atomic mass is 9.68. The molecule has 2 fully saturated rings. The molecule has 0 atom stereocenters. The van der Waals surface area contributed by atoms with Crippen molar-refractivity contribution >= 4 is 17.4 Å². The average molecular weight is 433 g/mol. The Labute approximate surface area is 185 Å².